The maximum atomic E-state index is 13.3. The van der Waals surface area contributed by atoms with Gasteiger partial charge in [0.1, 0.15) is 23.4 Å². The molecule has 0 spiro atoms. The van der Waals surface area contributed by atoms with Crippen molar-refractivity contribution in [2.75, 3.05) is 11.9 Å². The van der Waals surface area contributed by atoms with Gasteiger partial charge in [0.05, 0.1) is 12.6 Å². The van der Waals surface area contributed by atoms with E-state index in [0.717, 1.165) is 35.4 Å². The highest BCUT2D eigenvalue weighted by Crippen LogP contribution is 2.39. The highest BCUT2D eigenvalue weighted by Gasteiger charge is 2.26. The van der Waals surface area contributed by atoms with E-state index in [1.165, 1.54) is 19.2 Å². The largest absolute Gasteiger partial charge is 0.394 e. The number of nitrogens with one attached hydrogen (secondary N) is 1. The molecule has 10 nitrogen and oxygen atoms in total. The van der Waals surface area contributed by atoms with E-state index < -0.39 is 5.91 Å². The van der Waals surface area contributed by atoms with Gasteiger partial charge in [-0.1, -0.05) is 12.1 Å². The highest BCUT2D eigenvalue weighted by molar-refractivity contribution is 6.04. The van der Waals surface area contributed by atoms with Gasteiger partial charge in [-0.2, -0.15) is 0 Å². The smallest absolute Gasteiger partial charge is 0.263 e. The van der Waals surface area contributed by atoms with Crippen molar-refractivity contribution in [2.24, 2.45) is 0 Å². The van der Waals surface area contributed by atoms with E-state index in [9.17, 15) is 14.7 Å². The molecule has 1 aliphatic carbocycles. The van der Waals surface area contributed by atoms with Crippen LogP contribution in [-0.2, 0) is 13.0 Å². The van der Waals surface area contributed by atoms with Crippen LogP contribution in [0.2, 0.25) is 0 Å². The second kappa shape index (κ2) is 9.36. The molecule has 1 fully saturated rings. The lowest BCUT2D eigenvalue weighted by Gasteiger charge is -2.14. The molecular formula is C27H27N7O3. The third kappa shape index (κ3) is 4.33. The molecule has 1 aliphatic heterocycles. The van der Waals surface area contributed by atoms with E-state index in [4.69, 9.17) is 0 Å². The summed E-state index contributed by atoms with van der Waals surface area (Å²) in [6, 6.07) is 10.7. The number of carbonyl (C=O) groups is 1. The van der Waals surface area contributed by atoms with Gasteiger partial charge in [-0.15, -0.1) is 10.2 Å². The minimum Gasteiger partial charge on any atom is -0.394 e. The Hall–Kier alpha value is -4.18. The Morgan fingerprint density at radius 1 is 1.24 bits per heavy atom. The van der Waals surface area contributed by atoms with Crippen molar-refractivity contribution in [2.45, 2.75) is 51.1 Å². The van der Waals surface area contributed by atoms with Gasteiger partial charge in [0.25, 0.3) is 11.5 Å². The standard InChI is InChI=1S/C27H27N7O3/c1-16(14-35)34-15-29-32-25(34)22-4-2-6-24(30-22)31-26(36)20-12-19(23-5-3-11-33(23)27(20)37)18-9-10-21(28-13-18)17-7-8-17/h2,4,6,9-10,12-13,15-17,35H,3,5,7-8,11,14H2,1H3,(H,30,31,36). The number of fused-ring (bicyclic) bond motifs is 1. The average Bonchev–Trinajstić information content (AvgIpc) is 3.43. The molecule has 0 saturated heterocycles. The number of pyridine rings is 3. The lowest BCUT2D eigenvalue weighted by Crippen LogP contribution is -2.29. The molecule has 0 aromatic carbocycles. The fourth-order valence-corrected chi connectivity index (χ4v) is 4.86. The predicted octanol–water partition coefficient (Wildman–Crippen LogP) is 3.19. The van der Waals surface area contributed by atoms with Crippen molar-refractivity contribution in [1.82, 2.24) is 29.3 Å². The Balaban J connectivity index is 1.32. The minimum absolute atomic E-state index is 0.0659. The topological polar surface area (TPSA) is 128 Å². The van der Waals surface area contributed by atoms with Crippen molar-refractivity contribution in [3.63, 3.8) is 0 Å². The van der Waals surface area contributed by atoms with Crippen LogP contribution >= 0.6 is 0 Å². The SMILES string of the molecule is CC(CO)n1cnnc1-c1cccc(NC(=O)c2cc(-c3ccc(C4CC4)nc3)c3n(c2=O)CCC3)n1. The molecular weight excluding hydrogens is 470 g/mol. The second-order valence-electron chi connectivity index (χ2n) is 9.68. The van der Waals surface area contributed by atoms with Crippen molar-refractivity contribution in [1.29, 1.82) is 0 Å². The Kier molecular flexibility index (Phi) is 5.88. The maximum Gasteiger partial charge on any atom is 0.263 e. The van der Waals surface area contributed by atoms with Crippen molar-refractivity contribution in [3.05, 3.63) is 76.2 Å². The summed E-state index contributed by atoms with van der Waals surface area (Å²) in [4.78, 5) is 35.8. The van der Waals surface area contributed by atoms with Crippen LogP contribution in [0.3, 0.4) is 0 Å². The quantitative estimate of drug-likeness (QED) is 0.401. The van der Waals surface area contributed by atoms with Gasteiger partial charge in [0.15, 0.2) is 5.82 Å². The van der Waals surface area contributed by atoms with Crippen LogP contribution in [0.15, 0.2) is 53.7 Å². The third-order valence-corrected chi connectivity index (χ3v) is 7.07. The molecule has 0 radical (unpaired) electrons. The molecule has 4 aromatic heterocycles. The van der Waals surface area contributed by atoms with Gasteiger partial charge in [-0.3, -0.25) is 14.6 Å². The molecule has 37 heavy (non-hydrogen) atoms. The highest BCUT2D eigenvalue weighted by atomic mass is 16.3. The molecule has 4 aromatic rings. The first kappa shape index (κ1) is 23.2. The van der Waals surface area contributed by atoms with Crippen LogP contribution in [-0.4, -0.2) is 46.9 Å². The lowest BCUT2D eigenvalue weighted by molar-refractivity contribution is 0.102. The molecule has 1 saturated carbocycles. The van der Waals surface area contributed by atoms with Gasteiger partial charge in [-0.25, -0.2) is 4.98 Å². The second-order valence-corrected chi connectivity index (χ2v) is 9.68. The summed E-state index contributed by atoms with van der Waals surface area (Å²) in [7, 11) is 0. The third-order valence-electron chi connectivity index (χ3n) is 7.07. The monoisotopic (exact) mass is 497 g/mol. The molecule has 1 amide bonds. The number of hydrogen-bond donors (Lipinski definition) is 2. The summed E-state index contributed by atoms with van der Waals surface area (Å²) >= 11 is 0. The van der Waals surface area contributed by atoms with Gasteiger partial charge >= 0.3 is 0 Å². The van der Waals surface area contributed by atoms with Crippen LogP contribution in [0, 0.1) is 0 Å². The van der Waals surface area contributed by atoms with Crippen LogP contribution in [0.25, 0.3) is 22.6 Å². The Morgan fingerprint density at radius 3 is 2.86 bits per heavy atom. The Bertz CT molecular complexity index is 1540. The number of anilines is 1. The molecule has 0 bridgehead atoms. The van der Waals surface area contributed by atoms with E-state index in [1.54, 1.807) is 33.4 Å². The number of rotatable bonds is 7. The zero-order chi connectivity index (χ0) is 25.5. The number of aliphatic hydroxyl groups excluding tert-OH is 1. The summed E-state index contributed by atoms with van der Waals surface area (Å²) in [6.45, 7) is 2.35. The normalized spacial score (nSPS) is 15.4. The molecule has 1 atom stereocenters. The summed E-state index contributed by atoms with van der Waals surface area (Å²) in [5.41, 5.74) is 4.07. The first-order valence-electron chi connectivity index (χ1n) is 12.6. The Morgan fingerprint density at radius 2 is 2.11 bits per heavy atom. The van der Waals surface area contributed by atoms with Crippen LogP contribution in [0.1, 0.15) is 59.9 Å². The fraction of sp³-hybridized carbons (Fsp3) is 0.333. The van der Waals surface area contributed by atoms with E-state index in [-0.39, 0.29) is 29.6 Å². The summed E-state index contributed by atoms with van der Waals surface area (Å²) in [5.74, 6) is 0.796. The Labute approximate surface area is 213 Å². The van der Waals surface area contributed by atoms with E-state index >= 15 is 0 Å². The van der Waals surface area contributed by atoms with Crippen LogP contribution in [0.4, 0.5) is 5.82 Å². The number of aromatic nitrogens is 6. The van der Waals surface area contributed by atoms with Gasteiger partial charge in [0.2, 0.25) is 0 Å². The van der Waals surface area contributed by atoms with Gasteiger partial charge < -0.3 is 19.6 Å². The summed E-state index contributed by atoms with van der Waals surface area (Å²) < 4.78 is 3.43. The molecule has 5 heterocycles. The van der Waals surface area contributed by atoms with Crippen molar-refractivity contribution >= 4 is 11.7 Å². The zero-order valence-corrected chi connectivity index (χ0v) is 20.5. The molecule has 2 aliphatic rings. The zero-order valence-electron chi connectivity index (χ0n) is 20.5. The van der Waals surface area contributed by atoms with E-state index in [2.05, 4.69) is 31.5 Å². The molecule has 188 valence electrons. The molecule has 2 N–H and O–H groups in total. The van der Waals surface area contributed by atoms with Crippen LogP contribution < -0.4 is 10.9 Å². The van der Waals surface area contributed by atoms with Crippen molar-refractivity contribution < 1.29 is 9.90 Å². The summed E-state index contributed by atoms with van der Waals surface area (Å²) in [5, 5.41) is 20.4. The number of nitrogens with zero attached hydrogens (tertiary/aromatic N) is 6. The lowest BCUT2D eigenvalue weighted by atomic mass is 10.0. The fourth-order valence-electron chi connectivity index (χ4n) is 4.86. The predicted molar refractivity (Wildman–Crippen MR) is 137 cm³/mol. The molecule has 10 heteroatoms. The first-order chi connectivity index (χ1) is 18.0. The van der Waals surface area contributed by atoms with Crippen molar-refractivity contribution in [3.8, 4) is 22.6 Å². The molecule has 6 rings (SSSR count). The maximum absolute atomic E-state index is 13.3. The average molecular weight is 498 g/mol. The van der Waals surface area contributed by atoms with E-state index in [1.807, 2.05) is 19.2 Å². The van der Waals surface area contributed by atoms with E-state index in [0.29, 0.717) is 24.0 Å². The van der Waals surface area contributed by atoms with Gasteiger partial charge in [-0.05, 0) is 56.9 Å². The number of amides is 1. The van der Waals surface area contributed by atoms with Gasteiger partial charge in [0, 0.05) is 41.2 Å². The first-order valence-corrected chi connectivity index (χ1v) is 12.6. The summed E-state index contributed by atoms with van der Waals surface area (Å²) in [6.07, 6.45) is 7.39. The molecule has 1 unspecified atom stereocenters. The number of hydrogen-bond acceptors (Lipinski definition) is 7. The van der Waals surface area contributed by atoms with Crippen LogP contribution in [0.5, 0.6) is 0 Å². The minimum atomic E-state index is -0.522. The number of aliphatic hydroxyl groups is 1. The number of carbonyl (C=O) groups excluding carboxylic acids is 1.